The van der Waals surface area contributed by atoms with Crippen molar-refractivity contribution >= 4 is 11.6 Å². The highest BCUT2D eigenvalue weighted by Crippen LogP contribution is 2.18. The van der Waals surface area contributed by atoms with Crippen LogP contribution in [-0.2, 0) is 11.3 Å². The van der Waals surface area contributed by atoms with Crippen molar-refractivity contribution in [2.24, 2.45) is 4.99 Å². The summed E-state index contributed by atoms with van der Waals surface area (Å²) in [5.74, 6) is -0.835. The molecule has 0 aromatic heterocycles. The van der Waals surface area contributed by atoms with Gasteiger partial charge in [-0.2, -0.15) is 0 Å². The largest absolute Gasteiger partial charge is 0.385 e. The monoisotopic (exact) mass is 406 g/mol. The van der Waals surface area contributed by atoms with Crippen molar-refractivity contribution in [3.63, 3.8) is 0 Å². The number of nitro groups is 1. The molecule has 0 aliphatic heterocycles. The average Bonchev–Trinajstić information content (AvgIpc) is 2.69. The molecule has 0 aliphatic rings. The van der Waals surface area contributed by atoms with Crippen LogP contribution in [-0.4, -0.2) is 31.1 Å². The Bertz CT molecular complexity index is 844. The molecule has 0 aliphatic carbocycles. The maximum absolute atomic E-state index is 14.0. The third-order valence-corrected chi connectivity index (χ3v) is 4.17. The maximum Gasteiger partial charge on any atom is 0.269 e. The van der Waals surface area contributed by atoms with E-state index in [9.17, 15) is 18.9 Å². The van der Waals surface area contributed by atoms with Crippen molar-refractivity contribution in [1.82, 2.24) is 10.6 Å². The number of hydrogen-bond donors (Lipinski definition) is 2. The molecule has 9 heteroatoms. The standard InChI is InChI=1S/C20H24F2N4O3/c1-14(18-9-6-16(21)12-19(18)22)25-20(23-10-3-11-29-2)24-13-15-4-7-17(8-5-15)26(27)28/h4-9,12,14H,3,10-11,13H2,1-2H3,(H2,23,24,25). The van der Waals surface area contributed by atoms with E-state index in [2.05, 4.69) is 15.6 Å². The number of ether oxygens (including phenoxy) is 1. The number of non-ortho nitro benzene ring substituents is 1. The first-order valence-electron chi connectivity index (χ1n) is 9.12. The highest BCUT2D eigenvalue weighted by Gasteiger charge is 2.13. The van der Waals surface area contributed by atoms with Crippen LogP contribution in [0.15, 0.2) is 47.5 Å². The number of aliphatic imine (C=N–C) groups is 1. The molecule has 0 saturated carbocycles. The molecular formula is C20H24F2N4O3. The van der Waals surface area contributed by atoms with Gasteiger partial charge in [-0.05, 0) is 25.0 Å². The summed E-state index contributed by atoms with van der Waals surface area (Å²) in [6.07, 6.45) is 0.744. The number of hydrogen-bond acceptors (Lipinski definition) is 4. The molecule has 2 N–H and O–H groups in total. The lowest BCUT2D eigenvalue weighted by atomic mass is 10.1. The summed E-state index contributed by atoms with van der Waals surface area (Å²) in [6, 6.07) is 9.08. The van der Waals surface area contributed by atoms with Crippen LogP contribution >= 0.6 is 0 Å². The number of nitro benzene ring substituents is 1. The number of methoxy groups -OCH3 is 1. The van der Waals surface area contributed by atoms with E-state index in [1.807, 2.05) is 0 Å². The van der Waals surface area contributed by atoms with Gasteiger partial charge in [-0.25, -0.2) is 13.8 Å². The molecule has 0 saturated heterocycles. The van der Waals surface area contributed by atoms with Gasteiger partial charge in [0, 0.05) is 44.0 Å². The van der Waals surface area contributed by atoms with E-state index < -0.39 is 22.6 Å². The molecule has 2 aromatic rings. The summed E-state index contributed by atoms with van der Waals surface area (Å²) in [6.45, 7) is 3.17. The van der Waals surface area contributed by atoms with Gasteiger partial charge >= 0.3 is 0 Å². The molecular weight excluding hydrogens is 382 g/mol. The number of halogens is 2. The van der Waals surface area contributed by atoms with Gasteiger partial charge in [-0.15, -0.1) is 0 Å². The average molecular weight is 406 g/mol. The Kier molecular flexibility index (Phi) is 8.47. The molecule has 156 valence electrons. The summed E-state index contributed by atoms with van der Waals surface area (Å²) in [5.41, 5.74) is 1.11. The molecule has 0 spiro atoms. The van der Waals surface area contributed by atoms with E-state index in [-0.39, 0.29) is 12.2 Å². The summed E-state index contributed by atoms with van der Waals surface area (Å²) in [7, 11) is 1.61. The fraction of sp³-hybridized carbons (Fsp3) is 0.350. The lowest BCUT2D eigenvalue weighted by Crippen LogP contribution is -2.39. The van der Waals surface area contributed by atoms with Gasteiger partial charge in [0.1, 0.15) is 11.6 Å². The zero-order chi connectivity index (χ0) is 21.2. The number of nitrogens with zero attached hydrogens (tertiary/aromatic N) is 2. The maximum atomic E-state index is 14.0. The van der Waals surface area contributed by atoms with Crippen molar-refractivity contribution in [1.29, 1.82) is 0 Å². The van der Waals surface area contributed by atoms with Gasteiger partial charge in [0.25, 0.3) is 5.69 Å². The molecule has 2 aromatic carbocycles. The van der Waals surface area contributed by atoms with Crippen LogP contribution in [0.5, 0.6) is 0 Å². The van der Waals surface area contributed by atoms with Crippen molar-refractivity contribution in [2.75, 3.05) is 20.3 Å². The molecule has 29 heavy (non-hydrogen) atoms. The molecule has 1 atom stereocenters. The van der Waals surface area contributed by atoms with Crippen molar-refractivity contribution in [3.8, 4) is 0 Å². The summed E-state index contributed by atoms with van der Waals surface area (Å²) >= 11 is 0. The lowest BCUT2D eigenvalue weighted by Gasteiger charge is -2.19. The Morgan fingerprint density at radius 2 is 1.97 bits per heavy atom. The zero-order valence-corrected chi connectivity index (χ0v) is 16.3. The Morgan fingerprint density at radius 1 is 1.24 bits per heavy atom. The van der Waals surface area contributed by atoms with Crippen LogP contribution in [0.1, 0.15) is 30.5 Å². The Labute approximate surface area is 168 Å². The van der Waals surface area contributed by atoms with Gasteiger partial charge in [-0.3, -0.25) is 10.1 Å². The van der Waals surface area contributed by atoms with E-state index in [1.165, 1.54) is 24.3 Å². The highest BCUT2D eigenvalue weighted by atomic mass is 19.1. The second-order valence-electron chi connectivity index (χ2n) is 6.39. The molecule has 0 radical (unpaired) electrons. The van der Waals surface area contributed by atoms with Crippen LogP contribution in [0.25, 0.3) is 0 Å². The first-order chi connectivity index (χ1) is 13.9. The van der Waals surface area contributed by atoms with E-state index >= 15 is 0 Å². The van der Waals surface area contributed by atoms with Gasteiger partial charge in [0.15, 0.2) is 5.96 Å². The molecule has 0 bridgehead atoms. The second kappa shape index (κ2) is 11.1. The van der Waals surface area contributed by atoms with E-state index in [0.717, 1.165) is 18.1 Å². The van der Waals surface area contributed by atoms with Crippen LogP contribution in [0, 0.1) is 21.7 Å². The SMILES string of the molecule is COCCCNC(=NCc1ccc([N+](=O)[O-])cc1)NC(C)c1ccc(F)cc1F. The molecule has 0 fully saturated rings. The summed E-state index contributed by atoms with van der Waals surface area (Å²) in [5, 5.41) is 17.0. The van der Waals surface area contributed by atoms with E-state index in [4.69, 9.17) is 4.74 Å². The fourth-order valence-electron chi connectivity index (χ4n) is 2.60. The highest BCUT2D eigenvalue weighted by molar-refractivity contribution is 5.80. The smallest absolute Gasteiger partial charge is 0.269 e. The fourth-order valence-corrected chi connectivity index (χ4v) is 2.60. The lowest BCUT2D eigenvalue weighted by molar-refractivity contribution is -0.384. The van der Waals surface area contributed by atoms with Crippen LogP contribution in [0.3, 0.4) is 0 Å². The number of benzene rings is 2. The summed E-state index contributed by atoms with van der Waals surface area (Å²) in [4.78, 5) is 14.8. The van der Waals surface area contributed by atoms with Crippen molar-refractivity contribution in [2.45, 2.75) is 25.9 Å². The molecule has 0 heterocycles. The molecule has 1 unspecified atom stereocenters. The minimum absolute atomic E-state index is 0.00850. The van der Waals surface area contributed by atoms with Crippen LogP contribution in [0.4, 0.5) is 14.5 Å². The van der Waals surface area contributed by atoms with Crippen molar-refractivity contribution < 1.29 is 18.4 Å². The number of guanidine groups is 1. The van der Waals surface area contributed by atoms with Gasteiger partial charge in [0.2, 0.25) is 0 Å². The molecule has 7 nitrogen and oxygen atoms in total. The van der Waals surface area contributed by atoms with Gasteiger partial charge < -0.3 is 15.4 Å². The predicted octanol–water partition coefficient (Wildman–Crippen LogP) is 3.71. The van der Waals surface area contributed by atoms with Gasteiger partial charge in [-0.1, -0.05) is 18.2 Å². The predicted molar refractivity (Wildman–Crippen MR) is 107 cm³/mol. The Morgan fingerprint density at radius 3 is 2.59 bits per heavy atom. The quantitative estimate of drug-likeness (QED) is 0.218. The first-order valence-corrected chi connectivity index (χ1v) is 9.12. The molecule has 0 amide bonds. The Hall–Kier alpha value is -3.07. The zero-order valence-electron chi connectivity index (χ0n) is 16.3. The third kappa shape index (κ3) is 7.11. The van der Waals surface area contributed by atoms with Gasteiger partial charge in [0.05, 0.1) is 17.5 Å². The Balaban J connectivity index is 2.10. The topological polar surface area (TPSA) is 88.8 Å². The second-order valence-corrected chi connectivity index (χ2v) is 6.39. The van der Waals surface area contributed by atoms with E-state index in [1.54, 1.807) is 26.2 Å². The normalized spacial score (nSPS) is 12.5. The van der Waals surface area contributed by atoms with Crippen molar-refractivity contribution in [3.05, 3.63) is 75.3 Å². The minimum atomic E-state index is -0.640. The van der Waals surface area contributed by atoms with Crippen LogP contribution in [0.2, 0.25) is 0 Å². The first kappa shape index (κ1) is 22.2. The number of rotatable bonds is 9. The minimum Gasteiger partial charge on any atom is -0.385 e. The third-order valence-electron chi connectivity index (χ3n) is 4.17. The molecule has 2 rings (SSSR count). The summed E-state index contributed by atoms with van der Waals surface area (Å²) < 4.78 is 32.2. The number of nitrogens with one attached hydrogen (secondary N) is 2. The van der Waals surface area contributed by atoms with Crippen LogP contribution < -0.4 is 10.6 Å². The van der Waals surface area contributed by atoms with E-state index in [0.29, 0.717) is 24.7 Å².